The number of piperazine rings is 1. The van der Waals surface area contributed by atoms with Crippen molar-refractivity contribution in [2.45, 2.75) is 0 Å². The second-order valence-electron chi connectivity index (χ2n) is 5.33. The number of benzene rings is 1. The predicted octanol–water partition coefficient (Wildman–Crippen LogP) is 2.27. The molecule has 0 atom stereocenters. The molecule has 1 fully saturated rings. The van der Waals surface area contributed by atoms with Crippen LogP contribution in [0.4, 0.5) is 10.1 Å². The van der Waals surface area contributed by atoms with E-state index in [1.165, 1.54) is 28.9 Å². The van der Waals surface area contributed by atoms with Crippen molar-refractivity contribution in [2.75, 3.05) is 38.1 Å². The second-order valence-corrected chi connectivity index (χ2v) is 5.71. The summed E-state index contributed by atoms with van der Waals surface area (Å²) in [6, 6.07) is 5.56. The van der Waals surface area contributed by atoms with Gasteiger partial charge in [0.05, 0.1) is 17.6 Å². The standard InChI is InChI=1S/C15H16ClFN4O.2H2/c1-19-6-8-20(9-7-19)13-10-18-21(15(22)14(13)16)12-4-2-11(17)3-5-12;;/h2-5,10H,6-9H2,1H3;2*1H/i;1+1D;1+1. The maximum Gasteiger partial charge on any atom is 0.292 e. The van der Waals surface area contributed by atoms with E-state index in [0.29, 0.717) is 11.4 Å². The van der Waals surface area contributed by atoms with Crippen molar-refractivity contribution in [1.29, 1.82) is 0 Å². The number of hydrogen-bond acceptors (Lipinski definition) is 4. The monoisotopic (exact) mass is 329 g/mol. The maximum absolute atomic E-state index is 13.0. The topological polar surface area (TPSA) is 41.4 Å². The largest absolute Gasteiger partial charge is 0.366 e. The molecule has 0 N–H and O–H groups in total. The van der Waals surface area contributed by atoms with Gasteiger partial charge in [-0.3, -0.25) is 4.79 Å². The van der Waals surface area contributed by atoms with Gasteiger partial charge in [0.1, 0.15) is 10.8 Å². The van der Waals surface area contributed by atoms with Gasteiger partial charge in [0.25, 0.3) is 5.56 Å². The van der Waals surface area contributed by atoms with Gasteiger partial charge in [-0.2, -0.15) is 9.78 Å². The van der Waals surface area contributed by atoms with Crippen molar-refractivity contribution in [3.8, 4) is 5.69 Å². The molecule has 1 aliphatic rings. The zero-order valence-electron chi connectivity index (χ0n) is 14.2. The van der Waals surface area contributed by atoms with E-state index in [2.05, 4.69) is 21.9 Å². The van der Waals surface area contributed by atoms with E-state index >= 15 is 0 Å². The van der Waals surface area contributed by atoms with Crippen molar-refractivity contribution in [3.63, 3.8) is 0 Å². The van der Waals surface area contributed by atoms with Gasteiger partial charge in [-0.15, -0.1) is 0 Å². The lowest BCUT2D eigenvalue weighted by Crippen LogP contribution is -2.45. The highest BCUT2D eigenvalue weighted by molar-refractivity contribution is 6.33. The lowest BCUT2D eigenvalue weighted by Gasteiger charge is -2.34. The first-order valence-corrected chi connectivity index (χ1v) is 7.41. The summed E-state index contributed by atoms with van der Waals surface area (Å²) in [6.45, 7) is 3.44. The van der Waals surface area contributed by atoms with Gasteiger partial charge in [-0.1, -0.05) is 11.6 Å². The summed E-state index contributed by atoms with van der Waals surface area (Å²) in [5.74, 6) is -0.364. The number of halogens is 2. The average molecular weight is 330 g/mol. The van der Waals surface area contributed by atoms with E-state index < -0.39 is 5.56 Å². The van der Waals surface area contributed by atoms with Crippen LogP contribution in [0.3, 0.4) is 0 Å². The number of nitrogens with zero attached hydrogens (tertiary/aromatic N) is 4. The quantitative estimate of drug-likeness (QED) is 0.847. The first kappa shape index (κ1) is 13.7. The third-order valence-electron chi connectivity index (χ3n) is 3.82. The van der Waals surface area contributed by atoms with Crippen LogP contribution >= 0.6 is 11.6 Å². The van der Waals surface area contributed by atoms with Gasteiger partial charge in [0.15, 0.2) is 0 Å². The normalized spacial score (nSPS) is 16.4. The summed E-state index contributed by atoms with van der Waals surface area (Å²) < 4.78 is 24.2. The summed E-state index contributed by atoms with van der Waals surface area (Å²) in [5, 5.41) is 4.32. The van der Waals surface area contributed by atoms with Crippen LogP contribution in [0.25, 0.3) is 5.69 Å². The number of anilines is 1. The van der Waals surface area contributed by atoms with E-state index in [0.717, 1.165) is 26.2 Å². The maximum atomic E-state index is 13.0. The highest BCUT2D eigenvalue weighted by Gasteiger charge is 2.19. The molecule has 1 aromatic carbocycles. The number of aromatic nitrogens is 2. The van der Waals surface area contributed by atoms with Gasteiger partial charge < -0.3 is 9.80 Å². The molecule has 1 aromatic heterocycles. The highest BCUT2D eigenvalue weighted by atomic mass is 35.5. The minimum absolute atomic E-state index is 0. The molecule has 5 nitrogen and oxygen atoms in total. The molecule has 2 heterocycles. The van der Waals surface area contributed by atoms with E-state index in [1.807, 2.05) is 0 Å². The summed E-state index contributed by atoms with van der Waals surface area (Å²) >= 11 is 6.25. The molecule has 0 bridgehead atoms. The Kier molecular flexibility index (Phi) is 3.78. The van der Waals surface area contributed by atoms with Crippen LogP contribution in [0.5, 0.6) is 0 Å². The van der Waals surface area contributed by atoms with Crippen LogP contribution in [-0.2, 0) is 0 Å². The van der Waals surface area contributed by atoms with Crippen LogP contribution in [0.1, 0.15) is 4.40 Å². The van der Waals surface area contributed by atoms with Gasteiger partial charge in [-0.25, -0.2) is 4.39 Å². The Morgan fingerprint density at radius 2 is 1.86 bits per heavy atom. The molecule has 120 valence electrons. The van der Waals surface area contributed by atoms with Crippen molar-refractivity contribution in [2.24, 2.45) is 0 Å². The molecular weight excluding hydrogens is 307 g/mol. The Labute approximate surface area is 137 Å². The fourth-order valence-electron chi connectivity index (χ4n) is 2.46. The number of hydrogen-bond donors (Lipinski definition) is 0. The fourth-order valence-corrected chi connectivity index (χ4v) is 2.71. The van der Waals surface area contributed by atoms with Crippen molar-refractivity contribution >= 4 is 17.3 Å². The number of likely N-dealkylation sites (N-methyl/N-ethyl adjacent to an activating group) is 1. The highest BCUT2D eigenvalue weighted by Crippen LogP contribution is 2.22. The van der Waals surface area contributed by atoms with Gasteiger partial charge in [-0.05, 0) is 31.3 Å². The predicted molar refractivity (Wildman–Crippen MR) is 88.7 cm³/mol. The zero-order chi connectivity index (χ0) is 17.7. The molecule has 0 saturated carbocycles. The molecule has 7 heteroatoms. The molecule has 0 radical (unpaired) electrons. The molecule has 0 spiro atoms. The first-order chi connectivity index (χ1) is 11.6. The Balaban J connectivity index is 0.00000101. The summed E-state index contributed by atoms with van der Waals surface area (Å²) in [4.78, 5) is 16.7. The fraction of sp³-hybridized carbons (Fsp3) is 0.333. The Morgan fingerprint density at radius 1 is 1.23 bits per heavy atom. The van der Waals surface area contributed by atoms with Crippen molar-refractivity contribution in [3.05, 3.63) is 51.7 Å². The van der Waals surface area contributed by atoms with Crippen LogP contribution < -0.4 is 10.5 Å². The molecule has 0 aliphatic carbocycles. The molecule has 1 aliphatic heterocycles. The molecule has 3 rings (SSSR count). The molecule has 0 amide bonds. The smallest absolute Gasteiger partial charge is 0.292 e. The molecule has 2 aromatic rings. The lowest BCUT2D eigenvalue weighted by molar-refractivity contribution is 0.312. The van der Waals surface area contributed by atoms with Crippen molar-refractivity contribution < 1.29 is 8.79 Å². The Hall–Kier alpha value is -1.92. The summed E-state index contributed by atoms with van der Waals surface area (Å²) in [5.41, 5.74) is 0.737. The lowest BCUT2D eigenvalue weighted by atomic mass is 10.3. The van der Waals surface area contributed by atoms with Crippen LogP contribution in [0, 0.1) is 5.82 Å². The molecule has 1 saturated heterocycles. The minimum atomic E-state index is -0.398. The van der Waals surface area contributed by atoms with E-state index in [4.69, 9.17) is 14.6 Å². The van der Waals surface area contributed by atoms with Crippen LogP contribution in [0.15, 0.2) is 35.3 Å². The van der Waals surface area contributed by atoms with Crippen molar-refractivity contribution in [1.82, 2.24) is 14.7 Å². The third kappa shape index (κ3) is 2.84. The van der Waals surface area contributed by atoms with E-state index in [-0.39, 0.29) is 12.3 Å². The molecule has 0 unspecified atom stereocenters. The second kappa shape index (κ2) is 6.06. The van der Waals surface area contributed by atoms with Crippen LogP contribution in [-0.4, -0.2) is 47.9 Å². The Morgan fingerprint density at radius 3 is 2.50 bits per heavy atom. The van der Waals surface area contributed by atoms with Gasteiger partial charge in [0.2, 0.25) is 0 Å². The summed E-state index contributed by atoms with van der Waals surface area (Å²) in [6.07, 6.45) is 1.60. The van der Waals surface area contributed by atoms with E-state index in [1.54, 1.807) is 6.20 Å². The zero-order valence-corrected chi connectivity index (χ0v) is 12.9. The molecule has 22 heavy (non-hydrogen) atoms. The van der Waals surface area contributed by atoms with Gasteiger partial charge in [0, 0.05) is 30.6 Å². The number of rotatable bonds is 2. The van der Waals surface area contributed by atoms with Crippen LogP contribution in [0.2, 0.25) is 5.02 Å². The van der Waals surface area contributed by atoms with Gasteiger partial charge >= 0.3 is 0 Å². The van der Waals surface area contributed by atoms with E-state index in [9.17, 15) is 9.18 Å². The average Bonchev–Trinajstić information content (AvgIpc) is 2.61. The molecular formula is C15H20ClFN4O. The minimum Gasteiger partial charge on any atom is -0.366 e. The Bertz CT molecular complexity index is 737. The third-order valence-corrected chi connectivity index (χ3v) is 4.17. The first-order valence-electron chi connectivity index (χ1n) is 8.03. The SMILES string of the molecule is CN1CCN(c2cnn(-c3ccc(F)cc3)c(=O)c2Cl)CC1.[2HH].[2H][2H]. The summed E-state index contributed by atoms with van der Waals surface area (Å²) in [7, 11) is 2.06.